The van der Waals surface area contributed by atoms with Crippen molar-refractivity contribution in [3.8, 4) is 5.75 Å². The summed E-state index contributed by atoms with van der Waals surface area (Å²) in [5.74, 6) is 6.19. The van der Waals surface area contributed by atoms with Gasteiger partial charge in [0.25, 0.3) is 5.91 Å². The number of nitrogens with two attached hydrogens (primary N) is 1. The summed E-state index contributed by atoms with van der Waals surface area (Å²) >= 11 is 0. The number of nitrogens with zero attached hydrogens (tertiary/aromatic N) is 1. The standard InChI is InChI=1S/C12H18N2O2/c1-12(2,3)14(13)11(15)9-6-5-7-10(8-9)16-4/h5-8H,13H2,1-4H3. The molecular weight excluding hydrogens is 204 g/mol. The van der Waals surface area contributed by atoms with Crippen LogP contribution in [-0.2, 0) is 0 Å². The third-order valence-electron chi connectivity index (χ3n) is 2.26. The van der Waals surface area contributed by atoms with Crippen molar-refractivity contribution in [1.82, 2.24) is 5.01 Å². The highest BCUT2D eigenvalue weighted by Gasteiger charge is 2.24. The van der Waals surface area contributed by atoms with Gasteiger partial charge in [-0.25, -0.2) is 5.84 Å². The van der Waals surface area contributed by atoms with Crippen molar-refractivity contribution in [3.63, 3.8) is 0 Å². The van der Waals surface area contributed by atoms with Crippen LogP contribution in [0.1, 0.15) is 31.1 Å². The van der Waals surface area contributed by atoms with Crippen LogP contribution in [0, 0.1) is 0 Å². The Bertz CT molecular complexity index is 383. The molecule has 88 valence electrons. The zero-order valence-corrected chi connectivity index (χ0v) is 10.2. The zero-order valence-electron chi connectivity index (χ0n) is 10.2. The first-order valence-corrected chi connectivity index (χ1v) is 5.09. The highest BCUT2D eigenvalue weighted by Crippen LogP contribution is 2.17. The van der Waals surface area contributed by atoms with Crippen molar-refractivity contribution in [2.75, 3.05) is 7.11 Å². The molecular formula is C12H18N2O2. The molecule has 0 unspecified atom stereocenters. The lowest BCUT2D eigenvalue weighted by molar-refractivity contribution is 0.0581. The van der Waals surface area contributed by atoms with Gasteiger partial charge in [-0.2, -0.15) is 0 Å². The molecule has 1 aromatic rings. The minimum atomic E-state index is -0.403. The third-order valence-corrected chi connectivity index (χ3v) is 2.26. The molecule has 0 saturated carbocycles. The number of hydrogen-bond acceptors (Lipinski definition) is 3. The lowest BCUT2D eigenvalue weighted by atomic mass is 10.1. The minimum absolute atomic E-state index is 0.216. The number of methoxy groups -OCH3 is 1. The maximum Gasteiger partial charge on any atom is 0.268 e. The summed E-state index contributed by atoms with van der Waals surface area (Å²) in [4.78, 5) is 12.0. The van der Waals surface area contributed by atoms with E-state index >= 15 is 0 Å². The van der Waals surface area contributed by atoms with Crippen LogP contribution in [0.4, 0.5) is 0 Å². The van der Waals surface area contributed by atoms with Gasteiger partial charge in [0.2, 0.25) is 0 Å². The summed E-state index contributed by atoms with van der Waals surface area (Å²) < 4.78 is 5.06. The Morgan fingerprint density at radius 3 is 2.50 bits per heavy atom. The van der Waals surface area contributed by atoms with Crippen LogP contribution in [0.2, 0.25) is 0 Å². The molecule has 4 nitrogen and oxygen atoms in total. The summed E-state index contributed by atoms with van der Waals surface area (Å²) in [5, 5.41) is 1.22. The van der Waals surface area contributed by atoms with Gasteiger partial charge in [0.1, 0.15) is 5.75 Å². The Hall–Kier alpha value is -1.55. The van der Waals surface area contributed by atoms with Crippen LogP contribution < -0.4 is 10.6 Å². The number of benzene rings is 1. The molecule has 1 amide bonds. The van der Waals surface area contributed by atoms with Gasteiger partial charge in [0.15, 0.2) is 0 Å². The molecule has 1 rings (SSSR count). The number of carbonyl (C=O) groups is 1. The van der Waals surface area contributed by atoms with E-state index in [0.717, 1.165) is 0 Å². The average Bonchev–Trinajstić information content (AvgIpc) is 2.26. The molecule has 0 atom stereocenters. The lowest BCUT2D eigenvalue weighted by Crippen LogP contribution is -2.50. The molecule has 0 aliphatic carbocycles. The first-order chi connectivity index (χ1) is 7.36. The quantitative estimate of drug-likeness (QED) is 0.471. The highest BCUT2D eigenvalue weighted by molar-refractivity contribution is 5.94. The van der Waals surface area contributed by atoms with Crippen LogP contribution >= 0.6 is 0 Å². The Labute approximate surface area is 96.0 Å². The van der Waals surface area contributed by atoms with Crippen molar-refractivity contribution in [2.45, 2.75) is 26.3 Å². The fraction of sp³-hybridized carbons (Fsp3) is 0.417. The molecule has 0 aliphatic heterocycles. The summed E-state index contributed by atoms with van der Waals surface area (Å²) in [7, 11) is 1.56. The maximum atomic E-state index is 12.0. The van der Waals surface area contributed by atoms with Crippen LogP contribution in [0.15, 0.2) is 24.3 Å². The number of rotatable bonds is 2. The second kappa shape index (κ2) is 4.53. The maximum absolute atomic E-state index is 12.0. The van der Waals surface area contributed by atoms with E-state index in [-0.39, 0.29) is 5.91 Å². The smallest absolute Gasteiger partial charge is 0.268 e. The number of ether oxygens (including phenoxy) is 1. The molecule has 16 heavy (non-hydrogen) atoms. The van der Waals surface area contributed by atoms with Gasteiger partial charge >= 0.3 is 0 Å². The highest BCUT2D eigenvalue weighted by atomic mass is 16.5. The first-order valence-electron chi connectivity index (χ1n) is 5.09. The predicted molar refractivity (Wildman–Crippen MR) is 63.1 cm³/mol. The van der Waals surface area contributed by atoms with Crippen LogP contribution in [0.3, 0.4) is 0 Å². The van der Waals surface area contributed by atoms with Crippen LogP contribution in [-0.4, -0.2) is 23.6 Å². The molecule has 0 saturated heterocycles. The van der Waals surface area contributed by atoms with Gasteiger partial charge in [0.05, 0.1) is 12.6 Å². The summed E-state index contributed by atoms with van der Waals surface area (Å²) in [6, 6.07) is 6.95. The second-order valence-corrected chi connectivity index (χ2v) is 4.58. The zero-order chi connectivity index (χ0) is 12.3. The Kier molecular flexibility index (Phi) is 3.55. The van der Waals surface area contributed by atoms with E-state index in [1.54, 1.807) is 31.4 Å². The molecule has 0 aliphatic rings. The molecule has 1 aromatic carbocycles. The van der Waals surface area contributed by atoms with E-state index in [2.05, 4.69) is 0 Å². The van der Waals surface area contributed by atoms with Gasteiger partial charge in [-0.3, -0.25) is 9.80 Å². The van der Waals surface area contributed by atoms with Crippen molar-refractivity contribution in [2.24, 2.45) is 5.84 Å². The lowest BCUT2D eigenvalue weighted by Gasteiger charge is -2.31. The van der Waals surface area contributed by atoms with Crippen LogP contribution in [0.5, 0.6) is 5.75 Å². The Morgan fingerprint density at radius 2 is 2.00 bits per heavy atom. The molecule has 4 heteroatoms. The first kappa shape index (κ1) is 12.5. The molecule has 0 spiro atoms. The van der Waals surface area contributed by atoms with Gasteiger partial charge in [-0.1, -0.05) is 6.07 Å². The topological polar surface area (TPSA) is 55.6 Å². The van der Waals surface area contributed by atoms with Crippen molar-refractivity contribution in [3.05, 3.63) is 29.8 Å². The van der Waals surface area contributed by atoms with E-state index in [1.165, 1.54) is 5.01 Å². The van der Waals surface area contributed by atoms with Crippen molar-refractivity contribution >= 4 is 5.91 Å². The van der Waals surface area contributed by atoms with E-state index in [1.807, 2.05) is 20.8 Å². The average molecular weight is 222 g/mol. The molecule has 0 fully saturated rings. The summed E-state index contributed by atoms with van der Waals surface area (Å²) in [5.41, 5.74) is 0.122. The normalized spacial score (nSPS) is 11.1. The number of hydrogen-bond donors (Lipinski definition) is 1. The SMILES string of the molecule is COc1cccc(C(=O)N(N)C(C)(C)C)c1. The molecule has 0 bridgehead atoms. The van der Waals surface area contributed by atoms with Crippen LogP contribution in [0.25, 0.3) is 0 Å². The van der Waals surface area contributed by atoms with Gasteiger partial charge in [-0.05, 0) is 39.0 Å². The summed E-state index contributed by atoms with van der Waals surface area (Å²) in [6.45, 7) is 5.64. The van der Waals surface area contributed by atoms with E-state index in [9.17, 15) is 4.79 Å². The fourth-order valence-electron chi connectivity index (χ4n) is 1.20. The Morgan fingerprint density at radius 1 is 1.38 bits per heavy atom. The Balaban J connectivity index is 2.96. The predicted octanol–water partition coefficient (Wildman–Crippen LogP) is 1.81. The van der Waals surface area contributed by atoms with Crippen molar-refractivity contribution in [1.29, 1.82) is 0 Å². The summed E-state index contributed by atoms with van der Waals surface area (Å²) in [6.07, 6.45) is 0. The largest absolute Gasteiger partial charge is 0.497 e. The number of hydrazine groups is 1. The van der Waals surface area contributed by atoms with Gasteiger partial charge in [0, 0.05) is 5.56 Å². The van der Waals surface area contributed by atoms with E-state index in [4.69, 9.17) is 10.6 Å². The third kappa shape index (κ3) is 2.73. The van der Waals surface area contributed by atoms with Gasteiger partial charge in [-0.15, -0.1) is 0 Å². The van der Waals surface area contributed by atoms with Gasteiger partial charge < -0.3 is 4.74 Å². The van der Waals surface area contributed by atoms with Crippen molar-refractivity contribution < 1.29 is 9.53 Å². The molecule has 0 radical (unpaired) electrons. The molecule has 2 N–H and O–H groups in total. The molecule has 0 heterocycles. The monoisotopic (exact) mass is 222 g/mol. The minimum Gasteiger partial charge on any atom is -0.497 e. The number of carbonyl (C=O) groups excluding carboxylic acids is 1. The van der Waals surface area contributed by atoms with E-state index in [0.29, 0.717) is 11.3 Å². The molecule has 0 aromatic heterocycles. The van der Waals surface area contributed by atoms with E-state index < -0.39 is 5.54 Å². The second-order valence-electron chi connectivity index (χ2n) is 4.58. The fourth-order valence-corrected chi connectivity index (χ4v) is 1.20. The number of amides is 1.